The molecule has 2 saturated heterocycles. The number of aryl methyl sites for hydroxylation is 1. The molecule has 2 fully saturated rings. The van der Waals surface area contributed by atoms with Crippen molar-refractivity contribution in [2.75, 3.05) is 13.1 Å². The van der Waals surface area contributed by atoms with Gasteiger partial charge in [0.1, 0.15) is 6.04 Å². The van der Waals surface area contributed by atoms with Crippen molar-refractivity contribution in [2.24, 2.45) is 0 Å². The summed E-state index contributed by atoms with van der Waals surface area (Å²) in [4.78, 5) is 40.9. The van der Waals surface area contributed by atoms with Gasteiger partial charge in [-0.2, -0.15) is 0 Å². The Bertz CT molecular complexity index is 1090. The first-order chi connectivity index (χ1) is 16.5. The summed E-state index contributed by atoms with van der Waals surface area (Å²) in [7, 11) is 0. The van der Waals surface area contributed by atoms with Gasteiger partial charge in [-0.05, 0) is 73.0 Å². The van der Waals surface area contributed by atoms with Crippen molar-refractivity contribution in [1.82, 2.24) is 15.1 Å². The first-order valence-corrected chi connectivity index (χ1v) is 12.6. The molecular formula is C28H33N3O3. The normalized spacial score (nSPS) is 21.6. The Morgan fingerprint density at radius 2 is 1.68 bits per heavy atom. The van der Waals surface area contributed by atoms with E-state index in [1.54, 1.807) is 4.90 Å². The lowest BCUT2D eigenvalue weighted by Crippen LogP contribution is -2.52. The smallest absolute Gasteiger partial charge is 0.255 e. The molecule has 178 valence electrons. The fourth-order valence-electron chi connectivity index (χ4n) is 5.63. The van der Waals surface area contributed by atoms with Crippen LogP contribution in [0.1, 0.15) is 77.6 Å². The second-order valence-corrected chi connectivity index (χ2v) is 9.93. The molecule has 0 aliphatic carbocycles. The van der Waals surface area contributed by atoms with Gasteiger partial charge >= 0.3 is 0 Å². The number of piperidine rings is 2. The molecule has 0 spiro atoms. The SMILES string of the molecule is CCCc1ccc(CN2CCC(c3ccc4c(c3)CN(C3CCC(=O)NC3=O)C4=O)CC2)cc1. The van der Waals surface area contributed by atoms with Gasteiger partial charge in [0.15, 0.2) is 0 Å². The van der Waals surface area contributed by atoms with Gasteiger partial charge < -0.3 is 4.90 Å². The molecular weight excluding hydrogens is 426 g/mol. The van der Waals surface area contributed by atoms with Crippen LogP contribution in [0.25, 0.3) is 0 Å². The van der Waals surface area contributed by atoms with E-state index < -0.39 is 6.04 Å². The number of nitrogens with zero attached hydrogens (tertiary/aromatic N) is 2. The maximum Gasteiger partial charge on any atom is 0.255 e. The van der Waals surface area contributed by atoms with Crippen molar-refractivity contribution >= 4 is 17.7 Å². The van der Waals surface area contributed by atoms with Crippen molar-refractivity contribution in [3.05, 3.63) is 70.3 Å². The van der Waals surface area contributed by atoms with Crippen molar-refractivity contribution < 1.29 is 14.4 Å². The number of carbonyl (C=O) groups excluding carboxylic acids is 3. The van der Waals surface area contributed by atoms with Crippen LogP contribution >= 0.6 is 0 Å². The van der Waals surface area contributed by atoms with Gasteiger partial charge in [-0.1, -0.05) is 49.7 Å². The summed E-state index contributed by atoms with van der Waals surface area (Å²) in [6.45, 7) is 5.80. The third kappa shape index (κ3) is 4.64. The maximum atomic E-state index is 12.9. The molecule has 0 aromatic heterocycles. The Labute approximate surface area is 201 Å². The number of carbonyl (C=O) groups is 3. The Balaban J connectivity index is 1.19. The van der Waals surface area contributed by atoms with Crippen LogP contribution in [0.2, 0.25) is 0 Å². The molecule has 3 heterocycles. The Morgan fingerprint density at radius 3 is 2.38 bits per heavy atom. The molecule has 1 atom stereocenters. The number of benzene rings is 2. The minimum atomic E-state index is -0.555. The van der Waals surface area contributed by atoms with Crippen LogP contribution < -0.4 is 5.32 Å². The molecule has 6 nitrogen and oxygen atoms in total. The third-order valence-electron chi connectivity index (χ3n) is 7.57. The van der Waals surface area contributed by atoms with Crippen LogP contribution in [0.5, 0.6) is 0 Å². The average molecular weight is 460 g/mol. The van der Waals surface area contributed by atoms with Crippen molar-refractivity contribution in [3.8, 4) is 0 Å². The molecule has 3 aliphatic heterocycles. The molecule has 3 amide bonds. The van der Waals surface area contributed by atoms with Gasteiger partial charge in [-0.25, -0.2) is 0 Å². The quantitative estimate of drug-likeness (QED) is 0.668. The lowest BCUT2D eigenvalue weighted by atomic mass is 9.87. The van der Waals surface area contributed by atoms with Crippen LogP contribution in [-0.4, -0.2) is 46.7 Å². The highest BCUT2D eigenvalue weighted by Gasteiger charge is 2.39. The van der Waals surface area contributed by atoms with Crippen LogP contribution in [0.3, 0.4) is 0 Å². The van der Waals surface area contributed by atoms with Gasteiger partial charge in [0, 0.05) is 25.1 Å². The molecule has 2 aromatic carbocycles. The summed E-state index contributed by atoms with van der Waals surface area (Å²) < 4.78 is 0. The predicted molar refractivity (Wildman–Crippen MR) is 130 cm³/mol. The molecule has 0 bridgehead atoms. The van der Waals surface area contributed by atoms with E-state index in [-0.39, 0.29) is 24.1 Å². The molecule has 1 N–H and O–H groups in total. The Hall–Kier alpha value is -2.99. The number of amides is 3. The van der Waals surface area contributed by atoms with Gasteiger partial charge in [0.05, 0.1) is 0 Å². The van der Waals surface area contributed by atoms with E-state index in [0.29, 0.717) is 24.4 Å². The maximum absolute atomic E-state index is 12.9. The first kappa shape index (κ1) is 22.8. The van der Waals surface area contributed by atoms with E-state index in [4.69, 9.17) is 0 Å². The van der Waals surface area contributed by atoms with E-state index in [0.717, 1.165) is 44.5 Å². The van der Waals surface area contributed by atoms with Crippen molar-refractivity contribution in [3.63, 3.8) is 0 Å². The minimum Gasteiger partial charge on any atom is -0.322 e. The summed E-state index contributed by atoms with van der Waals surface area (Å²) in [5, 5.41) is 2.37. The summed E-state index contributed by atoms with van der Waals surface area (Å²) in [6.07, 6.45) is 5.22. The van der Waals surface area contributed by atoms with Crippen molar-refractivity contribution in [2.45, 2.75) is 70.5 Å². The van der Waals surface area contributed by atoms with E-state index >= 15 is 0 Å². The first-order valence-electron chi connectivity index (χ1n) is 12.6. The zero-order valence-corrected chi connectivity index (χ0v) is 19.9. The van der Waals surface area contributed by atoms with E-state index in [2.05, 4.69) is 53.5 Å². The molecule has 0 saturated carbocycles. The minimum absolute atomic E-state index is 0.101. The highest BCUT2D eigenvalue weighted by Crippen LogP contribution is 2.34. The monoisotopic (exact) mass is 459 g/mol. The lowest BCUT2D eigenvalue weighted by Gasteiger charge is -2.32. The number of likely N-dealkylation sites (tertiary alicyclic amines) is 1. The highest BCUT2D eigenvalue weighted by atomic mass is 16.2. The standard InChI is InChI=1S/C28H33N3O3/c1-2-3-19-4-6-20(7-5-19)17-30-14-12-21(13-15-30)22-8-9-24-23(16-22)18-31(28(24)34)25-10-11-26(32)29-27(25)33/h4-9,16,21,25H,2-3,10-15,17-18H2,1H3,(H,29,32,33). The molecule has 0 radical (unpaired) electrons. The summed E-state index contributed by atoms with van der Waals surface area (Å²) in [5.41, 5.74) is 5.78. The largest absolute Gasteiger partial charge is 0.322 e. The van der Waals surface area contributed by atoms with E-state index in [1.165, 1.54) is 23.1 Å². The van der Waals surface area contributed by atoms with Gasteiger partial charge in [0.25, 0.3) is 5.91 Å². The van der Waals surface area contributed by atoms with Crippen LogP contribution in [-0.2, 0) is 29.1 Å². The number of hydrogen-bond acceptors (Lipinski definition) is 4. The summed E-state index contributed by atoms with van der Waals surface area (Å²) in [5.74, 6) is -0.221. The Kier molecular flexibility index (Phi) is 6.50. The average Bonchev–Trinajstić information content (AvgIpc) is 3.16. The molecule has 3 aliphatic rings. The van der Waals surface area contributed by atoms with E-state index in [9.17, 15) is 14.4 Å². The zero-order valence-electron chi connectivity index (χ0n) is 19.9. The highest BCUT2D eigenvalue weighted by molar-refractivity contribution is 6.05. The second-order valence-electron chi connectivity index (χ2n) is 9.93. The summed E-state index contributed by atoms with van der Waals surface area (Å²) >= 11 is 0. The number of hydrogen-bond donors (Lipinski definition) is 1. The van der Waals surface area contributed by atoms with Gasteiger partial charge in [-0.15, -0.1) is 0 Å². The molecule has 34 heavy (non-hydrogen) atoms. The van der Waals surface area contributed by atoms with Gasteiger partial charge in [0.2, 0.25) is 11.8 Å². The lowest BCUT2D eigenvalue weighted by molar-refractivity contribution is -0.136. The van der Waals surface area contributed by atoms with Crippen LogP contribution in [0.15, 0.2) is 42.5 Å². The number of rotatable bonds is 6. The Morgan fingerprint density at radius 1 is 0.941 bits per heavy atom. The number of nitrogens with one attached hydrogen (secondary N) is 1. The van der Waals surface area contributed by atoms with Gasteiger partial charge in [-0.3, -0.25) is 24.6 Å². The molecule has 2 aromatic rings. The van der Waals surface area contributed by atoms with E-state index in [1.807, 2.05) is 6.07 Å². The fourth-order valence-corrected chi connectivity index (χ4v) is 5.63. The van der Waals surface area contributed by atoms with Crippen LogP contribution in [0, 0.1) is 0 Å². The zero-order chi connectivity index (χ0) is 23.7. The molecule has 5 rings (SSSR count). The third-order valence-corrected chi connectivity index (χ3v) is 7.57. The molecule has 1 unspecified atom stereocenters. The number of imide groups is 1. The topological polar surface area (TPSA) is 69.7 Å². The van der Waals surface area contributed by atoms with Crippen molar-refractivity contribution in [1.29, 1.82) is 0 Å². The van der Waals surface area contributed by atoms with Crippen LogP contribution in [0.4, 0.5) is 0 Å². The summed E-state index contributed by atoms with van der Waals surface area (Å²) in [6, 6.07) is 14.7. The molecule has 6 heteroatoms. The number of fused-ring (bicyclic) bond motifs is 1. The second kappa shape index (κ2) is 9.71. The predicted octanol–water partition coefficient (Wildman–Crippen LogP) is 3.78. The fraction of sp³-hybridized carbons (Fsp3) is 0.464.